The van der Waals surface area contributed by atoms with Crippen LogP contribution < -0.4 is 0 Å². The number of furan rings is 1. The summed E-state index contributed by atoms with van der Waals surface area (Å²) in [6, 6.07) is 65.1. The van der Waals surface area contributed by atoms with Crippen molar-refractivity contribution in [1.82, 2.24) is 18.9 Å². The lowest BCUT2D eigenvalue weighted by atomic mass is 9.98. The van der Waals surface area contributed by atoms with Gasteiger partial charge in [0.2, 0.25) is 5.95 Å². The van der Waals surface area contributed by atoms with E-state index in [2.05, 4.69) is 191 Å². The standard InChI is InChI=1S/C54H30N4O/c1-2-13-31(14-3-1)33-16-10-17-34(29-33)50-41-28-27-32-15-4-5-18-35(32)51(41)56-54(55-50)57-43-25-12-21-37-39-23-11-22-38-36-19-6-8-24-42(36)58(52(38)39)53-48-40-20-7-9-26-45(40)59-46(48)30-44(57)49(53)47(37)43/h1-30H. The summed E-state index contributed by atoms with van der Waals surface area (Å²) < 4.78 is 11.6. The zero-order valence-electron chi connectivity index (χ0n) is 31.5. The van der Waals surface area contributed by atoms with Gasteiger partial charge in [-0.25, -0.2) is 9.97 Å². The van der Waals surface area contributed by atoms with Gasteiger partial charge >= 0.3 is 0 Å². The van der Waals surface area contributed by atoms with Crippen molar-refractivity contribution < 1.29 is 4.42 Å². The lowest BCUT2D eigenvalue weighted by Gasteiger charge is -2.14. The van der Waals surface area contributed by atoms with Crippen LogP contribution in [0.3, 0.4) is 0 Å². The molecule has 0 atom stereocenters. The Kier molecular flexibility index (Phi) is 5.96. The Balaban J connectivity index is 1.21. The van der Waals surface area contributed by atoms with Crippen LogP contribution in [0, 0.1) is 0 Å². The number of hydrogen-bond donors (Lipinski definition) is 0. The van der Waals surface area contributed by atoms with Crippen LogP contribution in [0.2, 0.25) is 0 Å². The lowest BCUT2D eigenvalue weighted by molar-refractivity contribution is 0.669. The molecule has 0 spiro atoms. The number of nitrogens with zero attached hydrogens (tertiary/aromatic N) is 4. The molecule has 14 aromatic rings. The molecule has 0 fully saturated rings. The highest BCUT2D eigenvalue weighted by molar-refractivity contribution is 6.36. The van der Waals surface area contributed by atoms with Gasteiger partial charge in [-0.2, -0.15) is 0 Å². The van der Waals surface area contributed by atoms with Crippen molar-refractivity contribution in [2.24, 2.45) is 0 Å². The van der Waals surface area contributed by atoms with Crippen LogP contribution in [0.15, 0.2) is 186 Å². The van der Waals surface area contributed by atoms with E-state index >= 15 is 0 Å². The van der Waals surface area contributed by atoms with E-state index in [1.807, 2.05) is 0 Å². The minimum atomic E-state index is 0.615. The fourth-order valence-electron chi connectivity index (χ4n) is 10.2. The van der Waals surface area contributed by atoms with E-state index < -0.39 is 0 Å². The molecule has 14 rings (SSSR count). The third-order valence-electron chi connectivity index (χ3n) is 12.6. The van der Waals surface area contributed by atoms with Crippen molar-refractivity contribution in [2.75, 3.05) is 0 Å². The molecule has 0 N–H and O–H groups in total. The first kappa shape index (κ1) is 31.1. The maximum absolute atomic E-state index is 6.83. The summed E-state index contributed by atoms with van der Waals surface area (Å²) >= 11 is 0. The molecular formula is C54H30N4O. The number of aromatic nitrogens is 4. The molecule has 59 heavy (non-hydrogen) atoms. The van der Waals surface area contributed by atoms with Crippen LogP contribution in [0.4, 0.5) is 0 Å². The van der Waals surface area contributed by atoms with Crippen LogP contribution >= 0.6 is 0 Å². The first-order valence-electron chi connectivity index (χ1n) is 20.1. The molecule has 5 nitrogen and oxygen atoms in total. The number of fused-ring (bicyclic) bond motifs is 12. The van der Waals surface area contributed by atoms with E-state index in [4.69, 9.17) is 14.4 Å². The molecule has 9 aromatic carbocycles. The maximum atomic E-state index is 6.83. The summed E-state index contributed by atoms with van der Waals surface area (Å²) in [4.78, 5) is 11.2. The molecule has 0 aliphatic heterocycles. The van der Waals surface area contributed by atoms with Gasteiger partial charge in [-0.1, -0.05) is 146 Å². The van der Waals surface area contributed by atoms with E-state index in [9.17, 15) is 0 Å². The topological polar surface area (TPSA) is 48.3 Å². The van der Waals surface area contributed by atoms with Crippen molar-refractivity contribution in [1.29, 1.82) is 0 Å². The minimum absolute atomic E-state index is 0.615. The molecule has 0 aliphatic rings. The molecular weight excluding hydrogens is 721 g/mol. The zero-order chi connectivity index (χ0) is 38.3. The SMILES string of the molecule is c1ccc(-c2cccc(-c3nc(-n4c5cccc6c7cccc8c9ccccc9n(c78)c7c8c(cc4c7c65)oc4ccccc48)nc4c3ccc3ccccc34)c2)cc1. The van der Waals surface area contributed by atoms with Gasteiger partial charge in [0.15, 0.2) is 0 Å². The molecule has 0 unspecified atom stereocenters. The predicted molar refractivity (Wildman–Crippen MR) is 244 cm³/mol. The second-order valence-corrected chi connectivity index (χ2v) is 15.7. The monoisotopic (exact) mass is 750 g/mol. The molecule has 0 radical (unpaired) electrons. The van der Waals surface area contributed by atoms with Crippen molar-refractivity contribution in [3.05, 3.63) is 182 Å². The Bertz CT molecular complexity index is 4080. The first-order chi connectivity index (χ1) is 29.3. The number of benzene rings is 9. The normalized spacial score (nSPS) is 12.4. The van der Waals surface area contributed by atoms with Crippen molar-refractivity contribution >= 4 is 104 Å². The molecule has 5 heterocycles. The van der Waals surface area contributed by atoms with Crippen LogP contribution in [0.25, 0.3) is 132 Å². The van der Waals surface area contributed by atoms with Gasteiger partial charge in [0.1, 0.15) is 11.2 Å². The molecule has 5 aromatic heterocycles. The lowest BCUT2D eigenvalue weighted by Crippen LogP contribution is -2.04. The van der Waals surface area contributed by atoms with Gasteiger partial charge in [-0.15, -0.1) is 0 Å². The van der Waals surface area contributed by atoms with E-state index in [1.54, 1.807) is 0 Å². The zero-order valence-corrected chi connectivity index (χ0v) is 31.5. The molecule has 0 aliphatic carbocycles. The Morgan fingerprint density at radius 2 is 1.05 bits per heavy atom. The Labute approximate surface area is 335 Å². The van der Waals surface area contributed by atoms with Gasteiger partial charge in [0, 0.05) is 54.7 Å². The molecule has 0 saturated carbocycles. The quantitative estimate of drug-likeness (QED) is 0.169. The van der Waals surface area contributed by atoms with Gasteiger partial charge in [0.25, 0.3) is 0 Å². The van der Waals surface area contributed by atoms with Gasteiger partial charge in [-0.05, 0) is 52.2 Å². The van der Waals surface area contributed by atoms with Crippen LogP contribution in [0.1, 0.15) is 0 Å². The second-order valence-electron chi connectivity index (χ2n) is 15.7. The third kappa shape index (κ3) is 4.08. The highest BCUT2D eigenvalue weighted by Crippen LogP contribution is 2.48. The van der Waals surface area contributed by atoms with Gasteiger partial charge in [-0.3, -0.25) is 4.57 Å². The summed E-state index contributed by atoms with van der Waals surface area (Å²) in [6.07, 6.45) is 0. The van der Waals surface area contributed by atoms with E-state index in [0.717, 1.165) is 93.5 Å². The molecule has 5 heteroatoms. The summed E-state index contributed by atoms with van der Waals surface area (Å²) in [6.45, 7) is 0. The van der Waals surface area contributed by atoms with Crippen molar-refractivity contribution in [3.8, 4) is 28.3 Å². The average Bonchev–Trinajstić information content (AvgIpc) is 3.93. The largest absolute Gasteiger partial charge is 0.456 e. The molecule has 272 valence electrons. The van der Waals surface area contributed by atoms with E-state index in [1.165, 1.54) is 32.4 Å². The van der Waals surface area contributed by atoms with Gasteiger partial charge < -0.3 is 8.82 Å². The Morgan fingerprint density at radius 3 is 1.97 bits per heavy atom. The maximum Gasteiger partial charge on any atom is 0.235 e. The smallest absolute Gasteiger partial charge is 0.235 e. The fraction of sp³-hybridized carbons (Fsp3) is 0. The number of hydrogen-bond acceptors (Lipinski definition) is 3. The minimum Gasteiger partial charge on any atom is -0.456 e. The Hall–Kier alpha value is -8.02. The summed E-state index contributed by atoms with van der Waals surface area (Å²) in [5.41, 5.74) is 12.4. The van der Waals surface area contributed by atoms with Crippen molar-refractivity contribution in [2.45, 2.75) is 0 Å². The second kappa shape index (κ2) is 11.3. The highest BCUT2D eigenvalue weighted by atomic mass is 16.3. The number of rotatable bonds is 3. The number of para-hydroxylation sites is 3. The summed E-state index contributed by atoms with van der Waals surface area (Å²) in [5.74, 6) is 0.615. The van der Waals surface area contributed by atoms with E-state index in [0.29, 0.717) is 5.95 Å². The van der Waals surface area contributed by atoms with Crippen molar-refractivity contribution in [3.63, 3.8) is 0 Å². The van der Waals surface area contributed by atoms with Crippen LogP contribution in [0.5, 0.6) is 0 Å². The van der Waals surface area contributed by atoms with E-state index in [-0.39, 0.29) is 0 Å². The average molecular weight is 751 g/mol. The fourth-order valence-corrected chi connectivity index (χ4v) is 10.2. The first-order valence-corrected chi connectivity index (χ1v) is 20.1. The predicted octanol–water partition coefficient (Wildman–Crippen LogP) is 14.3. The van der Waals surface area contributed by atoms with Crippen LogP contribution in [-0.2, 0) is 0 Å². The summed E-state index contributed by atoms with van der Waals surface area (Å²) in [7, 11) is 0. The Morgan fingerprint density at radius 1 is 0.373 bits per heavy atom. The van der Waals surface area contributed by atoms with Gasteiger partial charge in [0.05, 0.1) is 44.2 Å². The third-order valence-corrected chi connectivity index (χ3v) is 12.6. The summed E-state index contributed by atoms with van der Waals surface area (Å²) in [5, 5.41) is 12.6. The molecule has 0 amide bonds. The molecule has 0 bridgehead atoms. The molecule has 0 saturated heterocycles. The highest BCUT2D eigenvalue weighted by Gasteiger charge is 2.27. The van der Waals surface area contributed by atoms with Crippen LogP contribution in [-0.4, -0.2) is 18.9 Å².